The van der Waals surface area contributed by atoms with E-state index in [-0.39, 0.29) is 29.0 Å². The van der Waals surface area contributed by atoms with Crippen LogP contribution < -0.4 is 5.32 Å². The maximum absolute atomic E-state index is 13.2. The lowest BCUT2D eigenvalue weighted by molar-refractivity contribution is 0.461. The number of aliphatic imine (C=N–C) groups is 1. The van der Waals surface area contributed by atoms with E-state index in [9.17, 15) is 4.39 Å². The normalized spacial score (nSPS) is 11.1. The largest absolute Gasteiger partial charge is 0.353 e. The summed E-state index contributed by atoms with van der Waals surface area (Å²) in [6.45, 7) is 1.28. The number of halogens is 3. The van der Waals surface area contributed by atoms with Gasteiger partial charge in [0.2, 0.25) is 0 Å². The molecule has 1 heterocycles. The zero-order valence-electron chi connectivity index (χ0n) is 13.4. The molecule has 0 saturated carbocycles. The first-order chi connectivity index (χ1) is 10.5. The lowest BCUT2D eigenvalue weighted by Crippen LogP contribution is -2.38. The topological polar surface area (TPSA) is 32.6 Å². The van der Waals surface area contributed by atoms with Gasteiger partial charge in [0.05, 0.1) is 11.6 Å². The second-order valence-electron chi connectivity index (χ2n) is 5.12. The number of benzene rings is 1. The zero-order chi connectivity index (χ0) is 16.1. The van der Waals surface area contributed by atoms with E-state index < -0.39 is 5.82 Å². The van der Waals surface area contributed by atoms with Crippen LogP contribution >= 0.6 is 35.6 Å². The van der Waals surface area contributed by atoms with Gasteiger partial charge in [0, 0.05) is 39.6 Å². The molecule has 0 amide bonds. The van der Waals surface area contributed by atoms with Crippen molar-refractivity contribution in [2.75, 3.05) is 14.1 Å². The summed E-state index contributed by atoms with van der Waals surface area (Å²) in [5.74, 6) is 0.359. The van der Waals surface area contributed by atoms with Crippen LogP contribution in [0.1, 0.15) is 11.3 Å². The van der Waals surface area contributed by atoms with Gasteiger partial charge >= 0.3 is 0 Å². The van der Waals surface area contributed by atoms with E-state index in [1.807, 2.05) is 31.3 Å². The molecule has 23 heavy (non-hydrogen) atoms. The van der Waals surface area contributed by atoms with Gasteiger partial charge in [-0.05, 0) is 29.8 Å². The van der Waals surface area contributed by atoms with Gasteiger partial charge in [-0.1, -0.05) is 17.7 Å². The lowest BCUT2D eigenvalue weighted by atomic mass is 10.2. The average molecular weight is 451 g/mol. The highest BCUT2D eigenvalue weighted by Gasteiger charge is 2.09. The van der Waals surface area contributed by atoms with Crippen LogP contribution in [0.2, 0.25) is 5.02 Å². The van der Waals surface area contributed by atoms with Crippen LogP contribution in [0.4, 0.5) is 4.39 Å². The smallest absolute Gasteiger partial charge is 0.194 e. The highest BCUT2D eigenvalue weighted by Crippen LogP contribution is 2.15. The molecule has 4 nitrogen and oxygen atoms in total. The van der Waals surface area contributed by atoms with Crippen molar-refractivity contribution in [1.82, 2.24) is 14.8 Å². The molecule has 0 aliphatic heterocycles. The van der Waals surface area contributed by atoms with Crippen LogP contribution in [0.5, 0.6) is 0 Å². The quantitative estimate of drug-likeness (QED) is 0.438. The summed E-state index contributed by atoms with van der Waals surface area (Å²) in [7, 11) is 5.72. The number of hydrogen-bond donors (Lipinski definition) is 1. The number of aryl methyl sites for hydroxylation is 1. The van der Waals surface area contributed by atoms with Gasteiger partial charge in [-0.2, -0.15) is 0 Å². The molecule has 7 heteroatoms. The van der Waals surface area contributed by atoms with E-state index in [1.165, 1.54) is 11.8 Å². The molecule has 0 unspecified atom stereocenters. The molecule has 0 saturated heterocycles. The number of aromatic nitrogens is 1. The molecule has 2 rings (SSSR count). The van der Waals surface area contributed by atoms with Crippen molar-refractivity contribution in [3.63, 3.8) is 0 Å². The maximum Gasteiger partial charge on any atom is 0.194 e. The Balaban J connectivity index is 0.00000264. The zero-order valence-corrected chi connectivity index (χ0v) is 16.5. The molecule has 126 valence electrons. The molecule has 0 atom stereocenters. The predicted molar refractivity (Wildman–Crippen MR) is 104 cm³/mol. The van der Waals surface area contributed by atoms with Gasteiger partial charge in [0.25, 0.3) is 0 Å². The third-order valence-electron chi connectivity index (χ3n) is 3.46. The Morgan fingerprint density at radius 2 is 2.13 bits per heavy atom. The fourth-order valence-electron chi connectivity index (χ4n) is 2.19. The first-order valence-electron chi connectivity index (χ1n) is 6.97. The van der Waals surface area contributed by atoms with E-state index in [2.05, 4.69) is 20.9 Å². The first-order valence-corrected chi connectivity index (χ1v) is 7.35. The van der Waals surface area contributed by atoms with E-state index in [0.29, 0.717) is 6.54 Å². The molecular weight excluding hydrogens is 430 g/mol. The number of hydrogen-bond acceptors (Lipinski definition) is 1. The lowest BCUT2D eigenvalue weighted by Gasteiger charge is -2.22. The molecule has 0 aliphatic carbocycles. The predicted octanol–water partition coefficient (Wildman–Crippen LogP) is 3.64. The Morgan fingerprint density at radius 3 is 2.70 bits per heavy atom. The molecule has 0 aliphatic rings. The molecule has 1 aromatic heterocycles. The minimum atomic E-state index is -0.407. The van der Waals surface area contributed by atoms with E-state index >= 15 is 0 Å². The fourth-order valence-corrected chi connectivity index (χ4v) is 2.40. The van der Waals surface area contributed by atoms with Crippen molar-refractivity contribution in [1.29, 1.82) is 0 Å². The Kier molecular flexibility index (Phi) is 7.84. The molecule has 0 spiro atoms. The number of rotatable bonds is 4. The van der Waals surface area contributed by atoms with Crippen molar-refractivity contribution < 1.29 is 4.39 Å². The van der Waals surface area contributed by atoms with Crippen molar-refractivity contribution in [2.45, 2.75) is 13.1 Å². The third-order valence-corrected chi connectivity index (χ3v) is 3.75. The summed E-state index contributed by atoms with van der Waals surface area (Å²) < 4.78 is 15.2. The van der Waals surface area contributed by atoms with Gasteiger partial charge < -0.3 is 14.8 Å². The van der Waals surface area contributed by atoms with Crippen LogP contribution in [0.15, 0.2) is 41.5 Å². The molecule has 1 N–H and O–H groups in total. The molecular formula is C16H21ClFIN4. The Morgan fingerprint density at radius 1 is 1.39 bits per heavy atom. The summed E-state index contributed by atoms with van der Waals surface area (Å²) in [6, 6.07) is 8.78. The summed E-state index contributed by atoms with van der Waals surface area (Å²) >= 11 is 5.79. The van der Waals surface area contributed by atoms with Crippen molar-refractivity contribution in [2.24, 2.45) is 12.0 Å². The van der Waals surface area contributed by atoms with E-state index in [0.717, 1.165) is 18.1 Å². The Bertz CT molecular complexity index is 672. The summed E-state index contributed by atoms with van der Waals surface area (Å²) in [6.07, 6.45) is 2.01. The van der Waals surface area contributed by atoms with Gasteiger partial charge in [0.15, 0.2) is 5.96 Å². The van der Waals surface area contributed by atoms with Crippen LogP contribution in [0.25, 0.3) is 0 Å². The fraction of sp³-hybridized carbons (Fsp3) is 0.312. The Labute approximate surface area is 158 Å². The molecule has 0 radical (unpaired) electrons. The molecule has 0 fully saturated rings. The van der Waals surface area contributed by atoms with Crippen molar-refractivity contribution in [3.8, 4) is 0 Å². The second kappa shape index (κ2) is 9.12. The monoisotopic (exact) mass is 450 g/mol. The Hall–Kier alpha value is -1.28. The minimum absolute atomic E-state index is 0. The van der Waals surface area contributed by atoms with E-state index in [1.54, 1.807) is 19.2 Å². The first kappa shape index (κ1) is 19.8. The highest BCUT2D eigenvalue weighted by atomic mass is 127. The third kappa shape index (κ3) is 5.39. The summed E-state index contributed by atoms with van der Waals surface area (Å²) in [4.78, 5) is 6.30. The van der Waals surface area contributed by atoms with Gasteiger partial charge in [-0.3, -0.25) is 4.99 Å². The van der Waals surface area contributed by atoms with Crippen LogP contribution in [0.3, 0.4) is 0 Å². The van der Waals surface area contributed by atoms with Crippen LogP contribution in [-0.2, 0) is 20.1 Å². The number of guanidine groups is 1. The van der Waals surface area contributed by atoms with Crippen molar-refractivity contribution in [3.05, 3.63) is 58.6 Å². The van der Waals surface area contributed by atoms with Gasteiger partial charge in [-0.15, -0.1) is 24.0 Å². The highest BCUT2D eigenvalue weighted by molar-refractivity contribution is 14.0. The minimum Gasteiger partial charge on any atom is -0.353 e. The maximum atomic E-state index is 13.2. The number of nitrogens with zero attached hydrogens (tertiary/aromatic N) is 3. The standard InChI is InChI=1S/C16H20ClFN4.HI/c1-19-16(22(3)11-13-5-4-8-21(13)2)20-10-12-6-7-15(18)14(17)9-12;/h4-9H,10-11H2,1-3H3,(H,19,20);1H. The van der Waals surface area contributed by atoms with Crippen LogP contribution in [0, 0.1) is 5.82 Å². The van der Waals surface area contributed by atoms with Gasteiger partial charge in [-0.25, -0.2) is 4.39 Å². The van der Waals surface area contributed by atoms with E-state index in [4.69, 9.17) is 11.6 Å². The summed E-state index contributed by atoms with van der Waals surface area (Å²) in [5.41, 5.74) is 2.09. The summed E-state index contributed by atoms with van der Waals surface area (Å²) in [5, 5.41) is 3.38. The molecule has 0 bridgehead atoms. The average Bonchev–Trinajstić information content (AvgIpc) is 2.88. The van der Waals surface area contributed by atoms with Gasteiger partial charge in [0.1, 0.15) is 5.82 Å². The van der Waals surface area contributed by atoms with Crippen LogP contribution in [-0.4, -0.2) is 29.5 Å². The SMILES string of the molecule is CN=C(NCc1ccc(F)c(Cl)c1)N(C)Cc1cccn1C.I. The van der Waals surface area contributed by atoms with Crippen molar-refractivity contribution >= 4 is 41.5 Å². The molecule has 1 aromatic carbocycles. The second-order valence-corrected chi connectivity index (χ2v) is 5.52. The molecule has 2 aromatic rings. The number of nitrogens with one attached hydrogen (secondary N) is 1.